The molecule has 118 valence electrons. The molecule has 1 atom stereocenters. The van der Waals surface area contributed by atoms with Crippen LogP contribution < -0.4 is 5.32 Å². The predicted molar refractivity (Wildman–Crippen MR) is 76.6 cm³/mol. The number of ether oxygens (including phenoxy) is 1. The Morgan fingerprint density at radius 1 is 1.00 bits per heavy atom. The zero-order chi connectivity index (χ0) is 14.8. The number of hydrogen-bond acceptors (Lipinski definition) is 3. The van der Waals surface area contributed by atoms with Crippen LogP contribution in [0.3, 0.4) is 0 Å². The molecule has 3 fully saturated rings. The Balaban J connectivity index is 1.53. The van der Waals surface area contributed by atoms with Gasteiger partial charge in [0.15, 0.2) is 0 Å². The van der Waals surface area contributed by atoms with Gasteiger partial charge < -0.3 is 15.2 Å². The van der Waals surface area contributed by atoms with Gasteiger partial charge in [0.1, 0.15) is 0 Å². The van der Waals surface area contributed by atoms with Crippen LogP contribution in [-0.2, 0) is 14.3 Å². The summed E-state index contributed by atoms with van der Waals surface area (Å²) in [6, 6.07) is 0. The Bertz CT molecular complexity index is 385. The summed E-state index contributed by atoms with van der Waals surface area (Å²) < 4.78 is 5.29. The Morgan fingerprint density at radius 3 is 2.05 bits per heavy atom. The zero-order valence-corrected chi connectivity index (χ0v) is 12.4. The standard InChI is InChI=1S/C16H25NO4/c18-15(14(11-1-2-11)12-3-4-12)17-9-13(16(19)20)10-5-7-21-8-6-10/h10-14H,1-9H2,(H,17,18)(H,19,20). The molecular formula is C16H25NO4. The molecule has 0 bridgehead atoms. The van der Waals surface area contributed by atoms with Crippen LogP contribution in [0.5, 0.6) is 0 Å². The van der Waals surface area contributed by atoms with Gasteiger partial charge in [-0.1, -0.05) is 0 Å². The maximum absolute atomic E-state index is 12.4. The van der Waals surface area contributed by atoms with Crippen LogP contribution in [0.1, 0.15) is 38.5 Å². The van der Waals surface area contributed by atoms with Crippen molar-refractivity contribution in [1.82, 2.24) is 5.32 Å². The van der Waals surface area contributed by atoms with Gasteiger partial charge in [-0.2, -0.15) is 0 Å². The van der Waals surface area contributed by atoms with Gasteiger partial charge in [0, 0.05) is 25.7 Å². The molecule has 5 heteroatoms. The maximum atomic E-state index is 12.4. The number of rotatable bonds is 7. The second-order valence-corrected chi connectivity index (χ2v) is 6.84. The minimum Gasteiger partial charge on any atom is -0.481 e. The van der Waals surface area contributed by atoms with E-state index >= 15 is 0 Å². The van der Waals surface area contributed by atoms with Crippen LogP contribution >= 0.6 is 0 Å². The summed E-state index contributed by atoms with van der Waals surface area (Å²) in [7, 11) is 0. The minimum atomic E-state index is -0.795. The molecule has 2 saturated carbocycles. The lowest BCUT2D eigenvalue weighted by Gasteiger charge is -2.28. The molecule has 1 unspecified atom stereocenters. The smallest absolute Gasteiger partial charge is 0.308 e. The van der Waals surface area contributed by atoms with E-state index in [1.165, 1.54) is 0 Å². The van der Waals surface area contributed by atoms with E-state index in [1.54, 1.807) is 0 Å². The molecule has 5 nitrogen and oxygen atoms in total. The summed E-state index contributed by atoms with van der Waals surface area (Å²) in [6.07, 6.45) is 6.21. The summed E-state index contributed by atoms with van der Waals surface area (Å²) in [6.45, 7) is 1.54. The minimum absolute atomic E-state index is 0.0957. The van der Waals surface area contributed by atoms with Crippen molar-refractivity contribution in [2.24, 2.45) is 29.6 Å². The molecule has 2 N–H and O–H groups in total. The van der Waals surface area contributed by atoms with Crippen LogP contribution in [0, 0.1) is 29.6 Å². The van der Waals surface area contributed by atoms with Gasteiger partial charge in [0.05, 0.1) is 5.92 Å². The SMILES string of the molecule is O=C(O)C(CNC(=O)C(C1CC1)C1CC1)C1CCOCC1. The first kappa shape index (κ1) is 14.8. The highest BCUT2D eigenvalue weighted by Crippen LogP contribution is 2.49. The van der Waals surface area contributed by atoms with Gasteiger partial charge in [-0.25, -0.2) is 0 Å². The third-order valence-corrected chi connectivity index (χ3v) is 5.21. The molecule has 1 saturated heterocycles. The zero-order valence-electron chi connectivity index (χ0n) is 12.4. The fraction of sp³-hybridized carbons (Fsp3) is 0.875. The molecule has 0 aromatic carbocycles. The molecule has 1 aliphatic heterocycles. The molecule has 0 radical (unpaired) electrons. The average molecular weight is 295 g/mol. The Kier molecular flexibility index (Phi) is 4.48. The Labute approximate surface area is 125 Å². The van der Waals surface area contributed by atoms with Gasteiger partial charge in [-0.15, -0.1) is 0 Å². The first-order chi connectivity index (χ1) is 10.2. The molecule has 3 aliphatic rings. The van der Waals surface area contributed by atoms with Crippen molar-refractivity contribution in [3.63, 3.8) is 0 Å². The van der Waals surface area contributed by atoms with E-state index in [1.807, 2.05) is 0 Å². The number of carbonyl (C=O) groups is 2. The molecule has 0 aromatic heterocycles. The number of carbonyl (C=O) groups excluding carboxylic acids is 1. The van der Waals surface area contributed by atoms with Crippen molar-refractivity contribution in [3.05, 3.63) is 0 Å². The maximum Gasteiger partial charge on any atom is 0.308 e. The number of amides is 1. The second kappa shape index (κ2) is 6.34. The Morgan fingerprint density at radius 2 is 1.57 bits per heavy atom. The van der Waals surface area contributed by atoms with E-state index in [0.29, 0.717) is 25.0 Å². The highest BCUT2D eigenvalue weighted by atomic mass is 16.5. The molecule has 2 aliphatic carbocycles. The van der Waals surface area contributed by atoms with E-state index in [4.69, 9.17) is 4.74 Å². The van der Waals surface area contributed by atoms with Crippen LogP contribution in [0.15, 0.2) is 0 Å². The lowest BCUT2D eigenvalue weighted by molar-refractivity contribution is -0.145. The lowest BCUT2D eigenvalue weighted by atomic mass is 9.85. The first-order valence-corrected chi connectivity index (χ1v) is 8.25. The lowest BCUT2D eigenvalue weighted by Crippen LogP contribution is -2.41. The van der Waals surface area contributed by atoms with Gasteiger partial charge >= 0.3 is 5.97 Å². The molecule has 3 rings (SSSR count). The van der Waals surface area contributed by atoms with Gasteiger partial charge in [0.2, 0.25) is 5.91 Å². The van der Waals surface area contributed by atoms with Crippen LogP contribution in [0.25, 0.3) is 0 Å². The number of aliphatic carboxylic acids is 1. The monoisotopic (exact) mass is 295 g/mol. The predicted octanol–water partition coefficient (Wildman–Crippen LogP) is 1.67. The fourth-order valence-corrected chi connectivity index (χ4v) is 3.63. The first-order valence-electron chi connectivity index (χ1n) is 8.25. The molecule has 0 spiro atoms. The third kappa shape index (κ3) is 3.76. The van der Waals surface area contributed by atoms with Crippen LogP contribution in [0.4, 0.5) is 0 Å². The summed E-state index contributed by atoms with van der Waals surface area (Å²) in [5, 5.41) is 12.4. The van der Waals surface area contributed by atoms with Gasteiger partial charge in [-0.3, -0.25) is 9.59 Å². The number of carboxylic acid groups (broad SMARTS) is 1. The van der Waals surface area contributed by atoms with Crippen LogP contribution in [0.2, 0.25) is 0 Å². The normalized spacial score (nSPS) is 24.8. The number of hydrogen-bond donors (Lipinski definition) is 2. The number of nitrogens with one attached hydrogen (secondary N) is 1. The fourth-order valence-electron chi connectivity index (χ4n) is 3.63. The molecule has 1 heterocycles. The van der Waals surface area contributed by atoms with Crippen LogP contribution in [-0.4, -0.2) is 36.7 Å². The Hall–Kier alpha value is -1.10. The largest absolute Gasteiger partial charge is 0.481 e. The van der Waals surface area contributed by atoms with Crippen molar-refractivity contribution >= 4 is 11.9 Å². The van der Waals surface area contributed by atoms with Crippen molar-refractivity contribution in [3.8, 4) is 0 Å². The van der Waals surface area contributed by atoms with E-state index < -0.39 is 11.9 Å². The van der Waals surface area contributed by atoms with Crippen molar-refractivity contribution in [2.75, 3.05) is 19.8 Å². The topological polar surface area (TPSA) is 75.6 Å². The molecule has 0 aromatic rings. The van der Waals surface area contributed by atoms with Crippen molar-refractivity contribution in [1.29, 1.82) is 0 Å². The molecule has 21 heavy (non-hydrogen) atoms. The van der Waals surface area contributed by atoms with E-state index in [-0.39, 0.29) is 24.3 Å². The summed E-state index contributed by atoms with van der Waals surface area (Å²) >= 11 is 0. The average Bonchev–Trinajstić information content (AvgIpc) is 3.35. The van der Waals surface area contributed by atoms with Gasteiger partial charge in [-0.05, 0) is 56.3 Å². The van der Waals surface area contributed by atoms with E-state index in [0.717, 1.165) is 38.5 Å². The summed E-state index contributed by atoms with van der Waals surface area (Å²) in [5.41, 5.74) is 0. The van der Waals surface area contributed by atoms with Gasteiger partial charge in [0.25, 0.3) is 0 Å². The number of carboxylic acids is 1. The third-order valence-electron chi connectivity index (χ3n) is 5.21. The van der Waals surface area contributed by atoms with E-state index in [9.17, 15) is 14.7 Å². The van der Waals surface area contributed by atoms with Crippen molar-refractivity contribution in [2.45, 2.75) is 38.5 Å². The highest BCUT2D eigenvalue weighted by molar-refractivity contribution is 5.81. The molecular weight excluding hydrogens is 270 g/mol. The van der Waals surface area contributed by atoms with Crippen molar-refractivity contribution < 1.29 is 19.4 Å². The van der Waals surface area contributed by atoms with E-state index in [2.05, 4.69) is 5.32 Å². The molecule has 1 amide bonds. The second-order valence-electron chi connectivity index (χ2n) is 6.84. The summed E-state index contributed by atoms with van der Waals surface area (Å²) in [5.74, 6) is 0.213. The highest BCUT2D eigenvalue weighted by Gasteiger charge is 2.45. The summed E-state index contributed by atoms with van der Waals surface area (Å²) in [4.78, 5) is 23.9. The quantitative estimate of drug-likeness (QED) is 0.749.